The number of rotatable bonds is 3. The molecule has 0 saturated carbocycles. The molecule has 1 rings (SSSR count). The highest BCUT2D eigenvalue weighted by molar-refractivity contribution is 5.89. The Hall–Kier alpha value is -2.08. The van der Waals surface area contributed by atoms with E-state index in [1.807, 2.05) is 26.0 Å². The summed E-state index contributed by atoms with van der Waals surface area (Å²) in [5.41, 5.74) is 2.09. The van der Waals surface area contributed by atoms with Crippen LogP contribution in [0.25, 0.3) is 0 Å². The molecular weight excluding hydrogens is 202 g/mol. The normalized spacial score (nSPS) is 9.06. The van der Waals surface area contributed by atoms with Crippen molar-refractivity contribution in [3.63, 3.8) is 0 Å². The quantitative estimate of drug-likeness (QED) is 0.575. The Morgan fingerprint density at radius 2 is 2.00 bits per heavy atom. The van der Waals surface area contributed by atoms with E-state index < -0.39 is 0 Å². The van der Waals surface area contributed by atoms with Crippen LogP contribution in [-0.2, 0) is 4.74 Å². The van der Waals surface area contributed by atoms with E-state index in [1.54, 1.807) is 24.3 Å². The first-order valence-corrected chi connectivity index (χ1v) is 4.94. The summed E-state index contributed by atoms with van der Waals surface area (Å²) in [5.74, 6) is -0.373. The molecule has 16 heavy (non-hydrogen) atoms. The fraction of sp³-hybridized carbons (Fsp3) is 0.231. The minimum Gasteiger partial charge on any atom is -0.458 e. The molecular formula is C13H13NO2. The minimum absolute atomic E-state index is 0.279. The third-order valence-corrected chi connectivity index (χ3v) is 1.96. The van der Waals surface area contributed by atoms with E-state index in [9.17, 15) is 4.79 Å². The number of nitriles is 1. The zero-order chi connectivity index (χ0) is 12.0. The van der Waals surface area contributed by atoms with Gasteiger partial charge in [0, 0.05) is 0 Å². The van der Waals surface area contributed by atoms with Crippen LogP contribution in [0.15, 0.2) is 35.9 Å². The molecule has 3 nitrogen and oxygen atoms in total. The summed E-state index contributed by atoms with van der Waals surface area (Å²) in [5, 5.41) is 8.60. The summed E-state index contributed by atoms with van der Waals surface area (Å²) in [6, 6.07) is 8.35. The Morgan fingerprint density at radius 3 is 2.50 bits per heavy atom. The van der Waals surface area contributed by atoms with Crippen molar-refractivity contribution in [2.45, 2.75) is 13.8 Å². The van der Waals surface area contributed by atoms with E-state index in [-0.39, 0.29) is 12.6 Å². The van der Waals surface area contributed by atoms with E-state index in [0.29, 0.717) is 11.1 Å². The standard InChI is InChI=1S/C13H13NO2/c1-10(2)7-8-16-13(15)12-5-3-11(9-14)4-6-12/h3-7H,8H2,1-2H3. The van der Waals surface area contributed by atoms with Crippen molar-refractivity contribution >= 4 is 5.97 Å². The van der Waals surface area contributed by atoms with Crippen LogP contribution in [0.2, 0.25) is 0 Å². The summed E-state index contributed by atoms with van der Waals surface area (Å²) < 4.78 is 5.01. The van der Waals surface area contributed by atoms with Gasteiger partial charge >= 0.3 is 5.97 Å². The van der Waals surface area contributed by atoms with Crippen LogP contribution < -0.4 is 0 Å². The molecule has 0 saturated heterocycles. The molecule has 0 heterocycles. The zero-order valence-corrected chi connectivity index (χ0v) is 9.36. The van der Waals surface area contributed by atoms with Gasteiger partial charge in [-0.1, -0.05) is 5.57 Å². The van der Waals surface area contributed by atoms with Crippen molar-refractivity contribution in [2.75, 3.05) is 6.61 Å². The lowest BCUT2D eigenvalue weighted by Gasteiger charge is -2.02. The second-order valence-corrected chi connectivity index (χ2v) is 3.57. The molecule has 3 heteroatoms. The Labute approximate surface area is 95.0 Å². The third-order valence-electron chi connectivity index (χ3n) is 1.96. The second kappa shape index (κ2) is 5.72. The summed E-state index contributed by atoms with van der Waals surface area (Å²) in [6.45, 7) is 4.16. The largest absolute Gasteiger partial charge is 0.458 e. The van der Waals surface area contributed by atoms with Crippen molar-refractivity contribution < 1.29 is 9.53 Å². The minimum atomic E-state index is -0.373. The first-order chi connectivity index (χ1) is 7.63. The number of carbonyl (C=O) groups is 1. The van der Waals surface area contributed by atoms with Crippen molar-refractivity contribution in [2.24, 2.45) is 0 Å². The molecule has 1 aromatic carbocycles. The van der Waals surface area contributed by atoms with Gasteiger partial charge in [0.05, 0.1) is 17.2 Å². The highest BCUT2D eigenvalue weighted by Crippen LogP contribution is 2.05. The maximum Gasteiger partial charge on any atom is 0.338 e. The molecule has 0 aromatic heterocycles. The Kier molecular flexibility index (Phi) is 4.28. The first kappa shape index (κ1) is 12.0. The number of allylic oxidation sites excluding steroid dienone is 1. The zero-order valence-electron chi connectivity index (χ0n) is 9.36. The number of hydrogen-bond donors (Lipinski definition) is 0. The van der Waals surface area contributed by atoms with E-state index >= 15 is 0 Å². The molecule has 0 bridgehead atoms. The Bertz CT molecular complexity index is 434. The van der Waals surface area contributed by atoms with Crippen LogP contribution in [0.1, 0.15) is 29.8 Å². The maximum absolute atomic E-state index is 11.5. The summed E-state index contributed by atoms with van der Waals surface area (Å²) >= 11 is 0. The van der Waals surface area contributed by atoms with Crippen LogP contribution in [0.3, 0.4) is 0 Å². The average Bonchev–Trinajstić information content (AvgIpc) is 2.28. The summed E-state index contributed by atoms with van der Waals surface area (Å²) in [6.07, 6.45) is 1.83. The summed E-state index contributed by atoms with van der Waals surface area (Å²) in [7, 11) is 0. The molecule has 0 aliphatic rings. The van der Waals surface area contributed by atoms with Crippen LogP contribution in [0.5, 0.6) is 0 Å². The van der Waals surface area contributed by atoms with Crippen LogP contribution in [0, 0.1) is 11.3 Å². The van der Waals surface area contributed by atoms with Gasteiger partial charge in [0.1, 0.15) is 6.61 Å². The molecule has 0 unspecified atom stereocenters. The highest BCUT2D eigenvalue weighted by atomic mass is 16.5. The predicted molar refractivity (Wildman–Crippen MR) is 60.9 cm³/mol. The van der Waals surface area contributed by atoms with Crippen molar-refractivity contribution in [3.8, 4) is 6.07 Å². The molecule has 0 aliphatic heterocycles. The number of carbonyl (C=O) groups excluding carboxylic acids is 1. The molecule has 0 radical (unpaired) electrons. The van der Waals surface area contributed by atoms with E-state index in [2.05, 4.69) is 0 Å². The fourth-order valence-corrected chi connectivity index (χ4v) is 1.05. The van der Waals surface area contributed by atoms with Gasteiger partial charge < -0.3 is 4.74 Å². The van der Waals surface area contributed by atoms with Gasteiger partial charge in [-0.05, 0) is 44.2 Å². The number of benzene rings is 1. The topological polar surface area (TPSA) is 50.1 Å². The van der Waals surface area contributed by atoms with Crippen molar-refractivity contribution in [1.29, 1.82) is 5.26 Å². The summed E-state index contributed by atoms with van der Waals surface area (Å²) in [4.78, 5) is 11.5. The number of nitrogens with zero attached hydrogens (tertiary/aromatic N) is 1. The van der Waals surface area contributed by atoms with Crippen molar-refractivity contribution in [3.05, 3.63) is 47.0 Å². The molecule has 0 fully saturated rings. The monoisotopic (exact) mass is 215 g/mol. The van der Waals surface area contributed by atoms with E-state index in [1.165, 1.54) is 0 Å². The van der Waals surface area contributed by atoms with E-state index in [4.69, 9.17) is 10.00 Å². The second-order valence-electron chi connectivity index (χ2n) is 3.57. The van der Waals surface area contributed by atoms with Gasteiger partial charge in [-0.15, -0.1) is 0 Å². The lowest BCUT2D eigenvalue weighted by molar-refractivity contribution is 0.0549. The molecule has 0 spiro atoms. The highest BCUT2D eigenvalue weighted by Gasteiger charge is 2.05. The molecule has 82 valence electrons. The molecule has 0 N–H and O–H groups in total. The van der Waals surface area contributed by atoms with Crippen LogP contribution in [0.4, 0.5) is 0 Å². The number of hydrogen-bond acceptors (Lipinski definition) is 3. The third kappa shape index (κ3) is 3.58. The van der Waals surface area contributed by atoms with Gasteiger partial charge in [0.25, 0.3) is 0 Å². The maximum atomic E-state index is 11.5. The van der Waals surface area contributed by atoms with Gasteiger partial charge in [-0.25, -0.2) is 4.79 Å². The fourth-order valence-electron chi connectivity index (χ4n) is 1.05. The van der Waals surface area contributed by atoms with E-state index in [0.717, 1.165) is 5.57 Å². The number of ether oxygens (including phenoxy) is 1. The molecule has 0 aliphatic carbocycles. The average molecular weight is 215 g/mol. The smallest absolute Gasteiger partial charge is 0.338 e. The van der Waals surface area contributed by atoms with Gasteiger partial charge in [-0.2, -0.15) is 5.26 Å². The molecule has 0 amide bonds. The molecule has 1 aromatic rings. The number of esters is 1. The van der Waals surface area contributed by atoms with Crippen LogP contribution in [-0.4, -0.2) is 12.6 Å². The predicted octanol–water partition coefficient (Wildman–Crippen LogP) is 2.68. The van der Waals surface area contributed by atoms with Crippen LogP contribution >= 0.6 is 0 Å². The van der Waals surface area contributed by atoms with Gasteiger partial charge in [0.2, 0.25) is 0 Å². The van der Waals surface area contributed by atoms with Crippen molar-refractivity contribution in [1.82, 2.24) is 0 Å². The Balaban J connectivity index is 2.60. The molecule has 0 atom stereocenters. The lowest BCUT2D eigenvalue weighted by Crippen LogP contribution is -2.05. The SMILES string of the molecule is CC(C)=CCOC(=O)c1ccc(C#N)cc1. The Morgan fingerprint density at radius 1 is 1.38 bits per heavy atom. The lowest BCUT2D eigenvalue weighted by atomic mass is 10.1. The van der Waals surface area contributed by atoms with Gasteiger partial charge in [0.15, 0.2) is 0 Å². The first-order valence-electron chi connectivity index (χ1n) is 4.94. The van der Waals surface area contributed by atoms with Gasteiger partial charge in [-0.3, -0.25) is 0 Å².